The summed E-state index contributed by atoms with van der Waals surface area (Å²) in [6.07, 6.45) is 25.7. The van der Waals surface area contributed by atoms with Crippen molar-refractivity contribution in [3.8, 4) is 12.8 Å². The van der Waals surface area contributed by atoms with Gasteiger partial charge >= 0.3 is 0 Å². The van der Waals surface area contributed by atoms with Crippen LogP contribution in [-0.2, 0) is 6.54 Å². The largest absolute Gasteiger partial charge is 0.383 e. The van der Waals surface area contributed by atoms with Crippen molar-refractivity contribution in [3.05, 3.63) is 94.6 Å². The molecule has 0 amide bonds. The Hall–Kier alpha value is -3.72. The van der Waals surface area contributed by atoms with Gasteiger partial charge in [-0.15, -0.1) is 12.8 Å². The molecule has 0 fully saturated rings. The zero-order valence-electron chi connectivity index (χ0n) is 19.0. The maximum absolute atomic E-state index is 12.1. The first-order valence-electron chi connectivity index (χ1n) is 10.2. The number of hydrogen-bond donors (Lipinski definition) is 3. The fourth-order valence-electron chi connectivity index (χ4n) is 2.41. The topological polar surface area (TPSA) is 85.0 Å². The van der Waals surface area contributed by atoms with Crippen molar-refractivity contribution in [1.82, 2.24) is 15.0 Å². The van der Waals surface area contributed by atoms with Crippen LogP contribution in [0.1, 0.15) is 33.4 Å². The van der Waals surface area contributed by atoms with Gasteiger partial charge in [-0.2, -0.15) is 4.68 Å². The zero-order chi connectivity index (χ0) is 23.6. The summed E-state index contributed by atoms with van der Waals surface area (Å²) < 4.78 is 1.03. The number of nitrogens with two attached hydrogens (primary N) is 1. The van der Waals surface area contributed by atoms with Gasteiger partial charge in [0.1, 0.15) is 0 Å². The summed E-state index contributed by atoms with van der Waals surface area (Å²) in [6, 6.07) is 1.43. The third kappa shape index (κ3) is 10.6. The van der Waals surface area contributed by atoms with Gasteiger partial charge in [0.05, 0.1) is 12.2 Å². The molecular weight excluding hydrogens is 386 g/mol. The maximum Gasteiger partial charge on any atom is 0.273 e. The molecule has 1 atom stereocenters. The molecular formula is C25H35N5O. The second-order valence-corrected chi connectivity index (χ2v) is 6.30. The highest BCUT2D eigenvalue weighted by Gasteiger charge is 2.09. The number of terminal acetylenes is 1. The Morgan fingerprint density at radius 1 is 1.32 bits per heavy atom. The summed E-state index contributed by atoms with van der Waals surface area (Å²) in [7, 11) is 0. The van der Waals surface area contributed by atoms with Crippen LogP contribution in [0.2, 0.25) is 0 Å². The highest BCUT2D eigenvalue weighted by atomic mass is 16.1. The fourth-order valence-corrected chi connectivity index (χ4v) is 2.41. The van der Waals surface area contributed by atoms with E-state index in [-0.39, 0.29) is 11.5 Å². The van der Waals surface area contributed by atoms with Crippen molar-refractivity contribution < 1.29 is 0 Å². The summed E-state index contributed by atoms with van der Waals surface area (Å²) in [4.78, 5) is 16.6. The number of hydrogen-bond acceptors (Lipinski definition) is 5. The maximum atomic E-state index is 12.1. The molecule has 0 aliphatic heterocycles. The van der Waals surface area contributed by atoms with Gasteiger partial charge in [-0.05, 0) is 19.9 Å². The molecule has 31 heavy (non-hydrogen) atoms. The number of rotatable bonds is 8. The first kappa shape index (κ1) is 27.3. The molecule has 0 saturated heterocycles. The average Bonchev–Trinajstić information content (AvgIpc) is 3.00. The van der Waals surface area contributed by atoms with Crippen LogP contribution in [0.3, 0.4) is 0 Å². The number of anilines is 1. The molecule has 4 N–H and O–H groups in total. The lowest BCUT2D eigenvalue weighted by Crippen LogP contribution is -2.32. The quantitative estimate of drug-likeness (QED) is 0.335. The van der Waals surface area contributed by atoms with E-state index in [4.69, 9.17) is 5.84 Å². The second kappa shape index (κ2) is 16.1. The van der Waals surface area contributed by atoms with Crippen molar-refractivity contribution in [3.63, 3.8) is 0 Å². The highest BCUT2D eigenvalue weighted by molar-refractivity contribution is 5.32. The smallest absolute Gasteiger partial charge is 0.273 e. The first-order valence-corrected chi connectivity index (χ1v) is 10.2. The number of aromatic nitrogens is 2. The molecule has 0 radical (unpaired) electrons. The lowest BCUT2D eigenvalue weighted by atomic mass is 10.1. The van der Waals surface area contributed by atoms with Crippen LogP contribution >= 0.6 is 0 Å². The van der Waals surface area contributed by atoms with Gasteiger partial charge in [0, 0.05) is 24.2 Å². The van der Waals surface area contributed by atoms with Crippen LogP contribution in [0.25, 0.3) is 0 Å². The average molecular weight is 422 g/mol. The van der Waals surface area contributed by atoms with Gasteiger partial charge in [0.25, 0.3) is 5.56 Å². The molecule has 1 aliphatic carbocycles. The van der Waals surface area contributed by atoms with Gasteiger partial charge in [-0.1, -0.05) is 74.6 Å². The van der Waals surface area contributed by atoms with E-state index in [1.54, 1.807) is 6.08 Å². The van der Waals surface area contributed by atoms with Crippen molar-refractivity contribution in [2.24, 2.45) is 5.92 Å². The van der Waals surface area contributed by atoms with Crippen molar-refractivity contribution >= 4 is 5.95 Å². The van der Waals surface area contributed by atoms with E-state index < -0.39 is 0 Å². The van der Waals surface area contributed by atoms with Crippen LogP contribution in [0, 0.1) is 18.8 Å². The molecule has 6 heteroatoms. The number of nitrogens with one attached hydrogen (secondary N) is 2. The molecule has 166 valence electrons. The minimum absolute atomic E-state index is 0.194. The summed E-state index contributed by atoms with van der Waals surface area (Å²) in [5, 5.41) is 6.39. The van der Waals surface area contributed by atoms with E-state index >= 15 is 0 Å². The van der Waals surface area contributed by atoms with Gasteiger partial charge in [0.2, 0.25) is 5.95 Å². The first-order chi connectivity index (χ1) is 15.0. The summed E-state index contributed by atoms with van der Waals surface area (Å²) in [6.45, 7) is 12.6. The summed E-state index contributed by atoms with van der Waals surface area (Å²) in [5.74, 6) is 6.38. The monoisotopic (exact) mass is 421 g/mol. The standard InChI is InChI=1S/C21H27N5O.C2H6.C2H2/c1-4-5-6-9-17(3)23-15-19-13-20(27)26(22)21(25-19)24-14-18-10-7-8-16(2)11-12-18;2*1-2/h4-13,18,23H,1,14-15,22H2,2-3H3,(H,24,25);1-2H3;1-2H/b6-5-,17-9+;;. The van der Waals surface area contributed by atoms with Crippen LogP contribution in [0.15, 0.2) is 83.4 Å². The molecule has 0 bridgehead atoms. The van der Waals surface area contributed by atoms with Gasteiger partial charge in [-0.3, -0.25) is 4.79 Å². The van der Waals surface area contributed by atoms with E-state index in [9.17, 15) is 4.79 Å². The summed E-state index contributed by atoms with van der Waals surface area (Å²) >= 11 is 0. The Balaban J connectivity index is 0.00000212. The predicted molar refractivity (Wildman–Crippen MR) is 134 cm³/mol. The third-order valence-electron chi connectivity index (χ3n) is 3.97. The van der Waals surface area contributed by atoms with Crippen LogP contribution < -0.4 is 22.0 Å². The molecule has 0 spiro atoms. The van der Waals surface area contributed by atoms with Crippen molar-refractivity contribution in [2.75, 3.05) is 17.7 Å². The molecule has 1 aromatic rings. The van der Waals surface area contributed by atoms with Crippen LogP contribution in [0.5, 0.6) is 0 Å². The van der Waals surface area contributed by atoms with E-state index in [1.165, 1.54) is 11.6 Å². The Bertz CT molecular complexity index is 914. The molecule has 1 aromatic heterocycles. The summed E-state index contributed by atoms with van der Waals surface area (Å²) in [5.41, 5.74) is 2.47. The minimum Gasteiger partial charge on any atom is -0.383 e. The lowest BCUT2D eigenvalue weighted by molar-refractivity contribution is 0.755. The number of nitrogen functional groups attached to an aromatic ring is 1. The van der Waals surface area contributed by atoms with Crippen molar-refractivity contribution in [1.29, 1.82) is 0 Å². The Morgan fingerprint density at radius 3 is 2.71 bits per heavy atom. The molecule has 1 heterocycles. The molecule has 0 saturated carbocycles. The molecule has 6 nitrogen and oxygen atoms in total. The fraction of sp³-hybridized carbons (Fsp3) is 0.280. The van der Waals surface area contributed by atoms with Crippen molar-refractivity contribution in [2.45, 2.75) is 34.2 Å². The minimum atomic E-state index is -0.304. The zero-order valence-corrected chi connectivity index (χ0v) is 19.0. The van der Waals surface area contributed by atoms with E-state index in [0.717, 1.165) is 10.4 Å². The molecule has 0 aromatic carbocycles. The Kier molecular flexibility index (Phi) is 14.2. The van der Waals surface area contributed by atoms with Crippen LogP contribution in [-0.4, -0.2) is 16.2 Å². The third-order valence-corrected chi connectivity index (χ3v) is 3.97. The Morgan fingerprint density at radius 2 is 2.03 bits per heavy atom. The van der Waals surface area contributed by atoms with E-state index in [1.807, 2.05) is 45.1 Å². The SMILES string of the molecule is C#C.C=C/C=C\C=C(/C)NCc1cc(=O)n(N)c(NCC2C=CC=C(C)C=C2)n1.CC. The van der Waals surface area contributed by atoms with Gasteiger partial charge < -0.3 is 16.5 Å². The molecule has 1 unspecified atom stereocenters. The number of allylic oxidation sites excluding steroid dienone is 9. The normalized spacial score (nSPS) is 15.0. The van der Waals surface area contributed by atoms with Crippen LogP contribution in [0.4, 0.5) is 5.95 Å². The highest BCUT2D eigenvalue weighted by Crippen LogP contribution is 2.11. The second-order valence-electron chi connectivity index (χ2n) is 6.30. The lowest BCUT2D eigenvalue weighted by Gasteiger charge is -2.14. The van der Waals surface area contributed by atoms with Gasteiger partial charge in [0.15, 0.2) is 0 Å². The number of nitrogens with zero attached hydrogens (tertiary/aromatic N) is 2. The Labute approximate surface area is 186 Å². The van der Waals surface area contributed by atoms with E-state index in [2.05, 4.69) is 66.3 Å². The van der Waals surface area contributed by atoms with E-state index in [0.29, 0.717) is 24.7 Å². The predicted octanol–water partition coefficient (Wildman–Crippen LogP) is 4.07. The molecule has 2 rings (SSSR count). The van der Waals surface area contributed by atoms with Gasteiger partial charge in [-0.25, -0.2) is 4.98 Å². The molecule has 1 aliphatic rings.